The van der Waals surface area contributed by atoms with Gasteiger partial charge < -0.3 is 14.9 Å². The van der Waals surface area contributed by atoms with Crippen LogP contribution in [0.1, 0.15) is 21.5 Å². The van der Waals surface area contributed by atoms with E-state index in [1.165, 1.54) is 6.07 Å². The number of carboxylic acid groups (broad SMARTS) is 1. The summed E-state index contributed by atoms with van der Waals surface area (Å²) in [5.74, 6) is -0.222. The van der Waals surface area contributed by atoms with Gasteiger partial charge in [-0.15, -0.1) is 0 Å². The van der Waals surface area contributed by atoms with Gasteiger partial charge in [0.1, 0.15) is 18.1 Å². The van der Waals surface area contributed by atoms with Crippen LogP contribution in [0.5, 0.6) is 11.5 Å². The summed E-state index contributed by atoms with van der Waals surface area (Å²) in [6.45, 7) is 2.17. The number of carbonyl (C=O) groups is 1. The first kappa shape index (κ1) is 13.0. The third kappa shape index (κ3) is 3.25. The van der Waals surface area contributed by atoms with Crippen molar-refractivity contribution in [3.63, 3.8) is 0 Å². The highest BCUT2D eigenvalue weighted by Crippen LogP contribution is 2.20. The molecule has 0 spiro atoms. The quantitative estimate of drug-likeness (QED) is 0.884. The maximum atomic E-state index is 10.8. The van der Waals surface area contributed by atoms with Crippen LogP contribution in [-0.2, 0) is 6.61 Å². The average Bonchev–Trinajstić information content (AvgIpc) is 2.37. The Morgan fingerprint density at radius 2 is 2.00 bits per heavy atom. The van der Waals surface area contributed by atoms with E-state index < -0.39 is 5.97 Å². The van der Waals surface area contributed by atoms with Crippen LogP contribution >= 0.6 is 0 Å². The zero-order chi connectivity index (χ0) is 13.8. The fraction of sp³-hybridized carbons (Fsp3) is 0.133. The summed E-state index contributed by atoms with van der Waals surface area (Å²) in [6.07, 6.45) is 0. The molecule has 2 aromatic rings. The first-order valence-electron chi connectivity index (χ1n) is 5.81. The fourth-order valence-electron chi connectivity index (χ4n) is 1.73. The minimum Gasteiger partial charge on any atom is -0.508 e. The van der Waals surface area contributed by atoms with Crippen LogP contribution in [0.4, 0.5) is 0 Å². The summed E-state index contributed by atoms with van der Waals surface area (Å²) in [5.41, 5.74) is 2.03. The topological polar surface area (TPSA) is 66.8 Å². The van der Waals surface area contributed by atoms with Gasteiger partial charge in [0.2, 0.25) is 0 Å². The fourth-order valence-corrected chi connectivity index (χ4v) is 1.73. The third-order valence-corrected chi connectivity index (χ3v) is 2.80. The van der Waals surface area contributed by atoms with Crippen molar-refractivity contribution in [2.24, 2.45) is 0 Å². The van der Waals surface area contributed by atoms with Gasteiger partial charge in [0.15, 0.2) is 0 Å². The first-order valence-corrected chi connectivity index (χ1v) is 5.81. The van der Waals surface area contributed by atoms with Crippen molar-refractivity contribution in [3.05, 3.63) is 59.2 Å². The number of rotatable bonds is 4. The van der Waals surface area contributed by atoms with Crippen molar-refractivity contribution in [1.29, 1.82) is 0 Å². The highest BCUT2D eigenvalue weighted by atomic mass is 16.5. The lowest BCUT2D eigenvalue weighted by Gasteiger charge is -2.09. The van der Waals surface area contributed by atoms with Crippen LogP contribution in [0, 0.1) is 6.92 Å². The molecule has 0 fully saturated rings. The molecular weight excluding hydrogens is 244 g/mol. The Bertz CT molecular complexity index is 605. The van der Waals surface area contributed by atoms with Gasteiger partial charge in [-0.25, -0.2) is 4.79 Å². The smallest absolute Gasteiger partial charge is 0.335 e. The number of phenolic OH excluding ortho intramolecular Hbond substituents is 1. The Morgan fingerprint density at radius 1 is 1.21 bits per heavy atom. The molecule has 0 saturated heterocycles. The van der Waals surface area contributed by atoms with Crippen LogP contribution in [0.3, 0.4) is 0 Å². The van der Waals surface area contributed by atoms with E-state index in [-0.39, 0.29) is 11.3 Å². The number of hydrogen-bond acceptors (Lipinski definition) is 3. The van der Waals surface area contributed by atoms with Crippen LogP contribution < -0.4 is 4.74 Å². The predicted molar refractivity (Wildman–Crippen MR) is 70.6 cm³/mol. The molecule has 98 valence electrons. The van der Waals surface area contributed by atoms with Crippen LogP contribution in [0.25, 0.3) is 0 Å². The molecule has 4 nitrogen and oxygen atoms in total. The molecule has 0 bridgehead atoms. The molecule has 0 saturated carbocycles. The van der Waals surface area contributed by atoms with Crippen molar-refractivity contribution in [2.75, 3.05) is 0 Å². The third-order valence-electron chi connectivity index (χ3n) is 2.80. The lowest BCUT2D eigenvalue weighted by Crippen LogP contribution is -2.01. The summed E-state index contributed by atoms with van der Waals surface area (Å²) in [5, 5.41) is 18.2. The molecule has 2 N–H and O–H groups in total. The van der Waals surface area contributed by atoms with Crippen molar-refractivity contribution in [3.8, 4) is 11.5 Å². The zero-order valence-electron chi connectivity index (χ0n) is 10.5. The molecule has 0 aliphatic heterocycles. The number of aromatic hydroxyl groups is 1. The Hall–Kier alpha value is -2.49. The number of phenols is 1. The summed E-state index contributed by atoms with van der Waals surface area (Å²) in [6, 6.07) is 11.5. The number of aryl methyl sites for hydroxylation is 1. The van der Waals surface area contributed by atoms with Gasteiger partial charge in [-0.3, -0.25) is 0 Å². The van der Waals surface area contributed by atoms with E-state index in [0.29, 0.717) is 12.4 Å². The van der Waals surface area contributed by atoms with Gasteiger partial charge >= 0.3 is 5.97 Å². The largest absolute Gasteiger partial charge is 0.508 e. The van der Waals surface area contributed by atoms with Gasteiger partial charge in [0.05, 0.1) is 5.56 Å². The van der Waals surface area contributed by atoms with E-state index in [0.717, 1.165) is 11.1 Å². The Morgan fingerprint density at radius 3 is 2.63 bits per heavy atom. The van der Waals surface area contributed by atoms with E-state index >= 15 is 0 Å². The summed E-state index contributed by atoms with van der Waals surface area (Å²) in [4.78, 5) is 10.8. The molecule has 0 aromatic heterocycles. The molecule has 19 heavy (non-hydrogen) atoms. The maximum Gasteiger partial charge on any atom is 0.335 e. The van der Waals surface area contributed by atoms with E-state index in [2.05, 4.69) is 0 Å². The second kappa shape index (κ2) is 5.44. The number of benzene rings is 2. The monoisotopic (exact) mass is 258 g/mol. The molecule has 0 heterocycles. The van der Waals surface area contributed by atoms with Crippen molar-refractivity contribution >= 4 is 5.97 Å². The minimum atomic E-state index is -0.941. The van der Waals surface area contributed by atoms with Gasteiger partial charge in [0, 0.05) is 6.07 Å². The number of carboxylic acids is 1. The molecule has 2 aromatic carbocycles. The van der Waals surface area contributed by atoms with Gasteiger partial charge in [-0.2, -0.15) is 0 Å². The molecule has 0 aliphatic carbocycles. The summed E-state index contributed by atoms with van der Waals surface area (Å²) in [7, 11) is 0. The predicted octanol–water partition coefficient (Wildman–Crippen LogP) is 2.98. The van der Waals surface area contributed by atoms with E-state index in [9.17, 15) is 9.90 Å². The Kier molecular flexibility index (Phi) is 3.71. The van der Waals surface area contributed by atoms with Gasteiger partial charge in [-0.05, 0) is 42.3 Å². The molecule has 0 radical (unpaired) electrons. The van der Waals surface area contributed by atoms with E-state index in [4.69, 9.17) is 9.84 Å². The number of ether oxygens (including phenoxy) is 1. The normalized spacial score (nSPS) is 10.2. The van der Waals surface area contributed by atoms with Crippen LogP contribution in [0.15, 0.2) is 42.5 Å². The Balaban J connectivity index is 2.10. The molecule has 0 atom stereocenters. The lowest BCUT2D eigenvalue weighted by molar-refractivity contribution is 0.0696. The van der Waals surface area contributed by atoms with Gasteiger partial charge in [-0.1, -0.05) is 12.1 Å². The van der Waals surface area contributed by atoms with Gasteiger partial charge in [0.25, 0.3) is 0 Å². The van der Waals surface area contributed by atoms with Crippen molar-refractivity contribution in [1.82, 2.24) is 0 Å². The van der Waals surface area contributed by atoms with Crippen molar-refractivity contribution in [2.45, 2.75) is 13.5 Å². The van der Waals surface area contributed by atoms with Crippen LogP contribution in [-0.4, -0.2) is 16.2 Å². The molecule has 0 aliphatic rings. The highest BCUT2D eigenvalue weighted by Gasteiger charge is 2.06. The average molecular weight is 258 g/mol. The zero-order valence-corrected chi connectivity index (χ0v) is 10.5. The standard InChI is InChI=1S/C15H14O4/c1-10-7-11(15(17)18)5-6-12(10)9-19-14-4-2-3-13(16)8-14/h2-8,16H,9H2,1H3,(H,17,18). The minimum absolute atomic E-state index is 0.149. The van der Waals surface area contributed by atoms with Crippen LogP contribution in [0.2, 0.25) is 0 Å². The molecule has 2 rings (SSSR count). The SMILES string of the molecule is Cc1cc(C(=O)O)ccc1COc1cccc(O)c1. The molecular formula is C15H14O4. The number of hydrogen-bond donors (Lipinski definition) is 2. The summed E-state index contributed by atoms with van der Waals surface area (Å²) < 4.78 is 5.55. The van der Waals surface area contributed by atoms with E-state index in [1.54, 1.807) is 36.4 Å². The lowest BCUT2D eigenvalue weighted by atomic mass is 10.1. The molecule has 0 unspecified atom stereocenters. The Labute approximate surface area is 110 Å². The van der Waals surface area contributed by atoms with Crippen molar-refractivity contribution < 1.29 is 19.7 Å². The number of aromatic carboxylic acids is 1. The second-order valence-corrected chi connectivity index (χ2v) is 4.23. The summed E-state index contributed by atoms with van der Waals surface area (Å²) >= 11 is 0. The van der Waals surface area contributed by atoms with E-state index in [1.807, 2.05) is 6.92 Å². The molecule has 0 amide bonds. The second-order valence-electron chi connectivity index (χ2n) is 4.23. The first-order chi connectivity index (χ1) is 9.06. The molecule has 4 heteroatoms. The maximum absolute atomic E-state index is 10.8. The highest BCUT2D eigenvalue weighted by molar-refractivity contribution is 5.87.